The molecule has 0 spiro atoms. The minimum atomic E-state index is 1.16. The van der Waals surface area contributed by atoms with Gasteiger partial charge in [0.2, 0.25) is 0 Å². The Balaban J connectivity index is 3.10. The van der Waals surface area contributed by atoms with Gasteiger partial charge in [0.15, 0.2) is 0 Å². The zero-order valence-corrected chi connectivity index (χ0v) is 7.93. The van der Waals surface area contributed by atoms with Crippen molar-refractivity contribution in [3.63, 3.8) is 0 Å². The fraction of sp³-hybridized carbons (Fsp3) is 0.333. The van der Waals surface area contributed by atoms with E-state index in [-0.39, 0.29) is 0 Å². The lowest BCUT2D eigenvalue weighted by Gasteiger charge is -2.07. The first-order chi connectivity index (χ1) is 5.79. The van der Waals surface area contributed by atoms with E-state index in [1.54, 1.807) is 0 Å². The second-order valence-corrected chi connectivity index (χ2v) is 3.10. The molecule has 0 radical (unpaired) electrons. The molecule has 0 saturated heterocycles. The fourth-order valence-corrected chi connectivity index (χ4v) is 1.51. The van der Waals surface area contributed by atoms with Gasteiger partial charge in [0.1, 0.15) is 0 Å². The summed E-state index contributed by atoms with van der Waals surface area (Å²) in [6.07, 6.45) is 4.30. The molecule has 1 aromatic carbocycles. The number of aryl methyl sites for hydroxylation is 1. The SMILES string of the molecule is C=Cc1cccc(C)c1CCC. The van der Waals surface area contributed by atoms with Crippen molar-refractivity contribution in [2.45, 2.75) is 26.7 Å². The van der Waals surface area contributed by atoms with Crippen LogP contribution >= 0.6 is 0 Å². The summed E-state index contributed by atoms with van der Waals surface area (Å²) < 4.78 is 0. The van der Waals surface area contributed by atoms with Gasteiger partial charge in [-0.05, 0) is 30.0 Å². The molecule has 12 heavy (non-hydrogen) atoms. The quantitative estimate of drug-likeness (QED) is 0.634. The highest BCUT2D eigenvalue weighted by atomic mass is 14.0. The zero-order chi connectivity index (χ0) is 8.97. The molecule has 0 heteroatoms. The Morgan fingerprint density at radius 2 is 2.17 bits per heavy atom. The highest BCUT2D eigenvalue weighted by molar-refractivity contribution is 5.54. The van der Waals surface area contributed by atoms with Gasteiger partial charge in [-0.15, -0.1) is 0 Å². The van der Waals surface area contributed by atoms with E-state index in [4.69, 9.17) is 0 Å². The summed E-state index contributed by atoms with van der Waals surface area (Å²) >= 11 is 0. The Hall–Kier alpha value is -1.04. The molecular formula is C12H16. The van der Waals surface area contributed by atoms with E-state index in [1.165, 1.54) is 23.1 Å². The Morgan fingerprint density at radius 3 is 2.75 bits per heavy atom. The molecule has 0 aromatic heterocycles. The summed E-state index contributed by atoms with van der Waals surface area (Å²) in [5, 5.41) is 0. The molecule has 0 unspecified atom stereocenters. The third-order valence-electron chi connectivity index (χ3n) is 2.17. The molecule has 64 valence electrons. The molecule has 0 heterocycles. The van der Waals surface area contributed by atoms with Crippen molar-refractivity contribution in [2.24, 2.45) is 0 Å². The Labute approximate surface area is 74.9 Å². The van der Waals surface area contributed by atoms with Gasteiger partial charge in [-0.25, -0.2) is 0 Å². The van der Waals surface area contributed by atoms with Crippen LogP contribution < -0.4 is 0 Å². The second kappa shape index (κ2) is 4.10. The molecule has 0 aliphatic carbocycles. The number of rotatable bonds is 3. The van der Waals surface area contributed by atoms with Crippen LogP contribution in [0.3, 0.4) is 0 Å². The highest BCUT2D eigenvalue weighted by Crippen LogP contribution is 2.16. The number of hydrogen-bond donors (Lipinski definition) is 0. The minimum Gasteiger partial charge on any atom is -0.0985 e. The summed E-state index contributed by atoms with van der Waals surface area (Å²) in [6.45, 7) is 8.19. The Kier molecular flexibility index (Phi) is 3.09. The van der Waals surface area contributed by atoms with E-state index < -0.39 is 0 Å². The van der Waals surface area contributed by atoms with Gasteiger partial charge in [-0.1, -0.05) is 44.2 Å². The average Bonchev–Trinajstić information content (AvgIpc) is 2.09. The van der Waals surface area contributed by atoms with Gasteiger partial charge < -0.3 is 0 Å². The van der Waals surface area contributed by atoms with E-state index in [0.29, 0.717) is 0 Å². The predicted octanol–water partition coefficient (Wildman–Crippen LogP) is 3.59. The van der Waals surface area contributed by atoms with Crippen molar-refractivity contribution in [3.8, 4) is 0 Å². The summed E-state index contributed by atoms with van der Waals surface area (Å²) in [4.78, 5) is 0. The van der Waals surface area contributed by atoms with Gasteiger partial charge >= 0.3 is 0 Å². The molecule has 0 bridgehead atoms. The zero-order valence-electron chi connectivity index (χ0n) is 7.93. The van der Waals surface area contributed by atoms with Crippen molar-refractivity contribution in [1.29, 1.82) is 0 Å². The van der Waals surface area contributed by atoms with Crippen molar-refractivity contribution < 1.29 is 0 Å². The molecule has 0 aliphatic heterocycles. The van der Waals surface area contributed by atoms with Crippen LogP contribution in [0.1, 0.15) is 30.0 Å². The van der Waals surface area contributed by atoms with Crippen LogP contribution in [0.2, 0.25) is 0 Å². The van der Waals surface area contributed by atoms with E-state index in [0.717, 1.165) is 6.42 Å². The molecule has 1 rings (SSSR count). The smallest absolute Gasteiger partial charge is 0.0228 e. The molecule has 1 aromatic rings. The maximum Gasteiger partial charge on any atom is -0.0228 e. The second-order valence-electron chi connectivity index (χ2n) is 3.10. The summed E-state index contributed by atoms with van der Waals surface area (Å²) in [5.74, 6) is 0. The third-order valence-corrected chi connectivity index (χ3v) is 2.17. The normalized spacial score (nSPS) is 9.83. The molecule has 0 atom stereocenters. The molecule has 0 nitrogen and oxygen atoms in total. The van der Waals surface area contributed by atoms with Gasteiger partial charge in [0.25, 0.3) is 0 Å². The van der Waals surface area contributed by atoms with Crippen LogP contribution in [0.4, 0.5) is 0 Å². The predicted molar refractivity (Wildman–Crippen MR) is 55.3 cm³/mol. The van der Waals surface area contributed by atoms with Crippen molar-refractivity contribution in [1.82, 2.24) is 0 Å². The van der Waals surface area contributed by atoms with Crippen molar-refractivity contribution in [2.75, 3.05) is 0 Å². The maximum absolute atomic E-state index is 3.81. The van der Waals surface area contributed by atoms with Crippen LogP contribution in [-0.4, -0.2) is 0 Å². The number of hydrogen-bond acceptors (Lipinski definition) is 0. The fourth-order valence-electron chi connectivity index (χ4n) is 1.51. The number of benzene rings is 1. The maximum atomic E-state index is 3.81. The average molecular weight is 160 g/mol. The largest absolute Gasteiger partial charge is 0.0985 e. The highest BCUT2D eigenvalue weighted by Gasteiger charge is 2.00. The van der Waals surface area contributed by atoms with Crippen LogP contribution in [0.5, 0.6) is 0 Å². The first-order valence-corrected chi connectivity index (χ1v) is 4.50. The van der Waals surface area contributed by atoms with Crippen LogP contribution in [0.15, 0.2) is 24.8 Å². The Morgan fingerprint density at radius 1 is 1.42 bits per heavy atom. The lowest BCUT2D eigenvalue weighted by Crippen LogP contribution is -1.91. The molecule has 0 aliphatic rings. The van der Waals surface area contributed by atoms with Gasteiger partial charge in [0, 0.05) is 0 Å². The van der Waals surface area contributed by atoms with E-state index >= 15 is 0 Å². The lowest BCUT2D eigenvalue weighted by atomic mass is 9.98. The molecule has 0 amide bonds. The summed E-state index contributed by atoms with van der Waals surface area (Å²) in [5.41, 5.74) is 4.13. The summed E-state index contributed by atoms with van der Waals surface area (Å²) in [6, 6.07) is 6.38. The molecule has 0 fully saturated rings. The first kappa shape index (κ1) is 9.05. The van der Waals surface area contributed by atoms with E-state index in [2.05, 4.69) is 38.6 Å². The third kappa shape index (κ3) is 1.76. The van der Waals surface area contributed by atoms with Crippen molar-refractivity contribution >= 4 is 6.08 Å². The van der Waals surface area contributed by atoms with Crippen LogP contribution in [0, 0.1) is 6.92 Å². The van der Waals surface area contributed by atoms with Gasteiger partial charge in [-0.2, -0.15) is 0 Å². The first-order valence-electron chi connectivity index (χ1n) is 4.50. The standard InChI is InChI=1S/C12H16/c1-4-7-12-10(3)8-6-9-11(12)5-2/h5-6,8-9H,2,4,7H2,1,3H3. The minimum absolute atomic E-state index is 1.16. The summed E-state index contributed by atoms with van der Waals surface area (Å²) in [7, 11) is 0. The van der Waals surface area contributed by atoms with Crippen LogP contribution in [-0.2, 0) is 6.42 Å². The van der Waals surface area contributed by atoms with E-state index in [1.807, 2.05) is 6.08 Å². The monoisotopic (exact) mass is 160 g/mol. The molecular weight excluding hydrogens is 144 g/mol. The molecule has 0 N–H and O–H groups in total. The lowest BCUT2D eigenvalue weighted by molar-refractivity contribution is 0.910. The van der Waals surface area contributed by atoms with E-state index in [9.17, 15) is 0 Å². The Bertz CT molecular complexity index is 271. The van der Waals surface area contributed by atoms with Gasteiger partial charge in [0.05, 0.1) is 0 Å². The topological polar surface area (TPSA) is 0 Å². The van der Waals surface area contributed by atoms with Crippen LogP contribution in [0.25, 0.3) is 6.08 Å². The van der Waals surface area contributed by atoms with Gasteiger partial charge in [-0.3, -0.25) is 0 Å². The van der Waals surface area contributed by atoms with Crippen molar-refractivity contribution in [3.05, 3.63) is 41.5 Å². The molecule has 0 saturated carbocycles.